The second kappa shape index (κ2) is 10.9. The van der Waals surface area contributed by atoms with Crippen LogP contribution in [0.15, 0.2) is 30.5 Å². The molecule has 1 fully saturated rings. The first-order valence-corrected chi connectivity index (χ1v) is 11.6. The number of methoxy groups -OCH3 is 1. The van der Waals surface area contributed by atoms with Crippen molar-refractivity contribution in [1.29, 1.82) is 0 Å². The van der Waals surface area contributed by atoms with Crippen molar-refractivity contribution in [3.8, 4) is 5.75 Å². The molecule has 0 bridgehead atoms. The van der Waals surface area contributed by atoms with E-state index in [1.165, 1.54) is 25.3 Å². The molecule has 12 heteroatoms. The Bertz CT molecular complexity index is 1120. The number of aliphatic carboxylic acids is 1. The van der Waals surface area contributed by atoms with Crippen LogP contribution in [-0.2, 0) is 11.0 Å². The number of carbonyl (C=O) groups excluding carboxylic acids is 1. The summed E-state index contributed by atoms with van der Waals surface area (Å²) in [6.07, 6.45) is -3.13. The highest BCUT2D eigenvalue weighted by Gasteiger charge is 2.38. The number of aromatic nitrogens is 1. The topological polar surface area (TPSA) is 101 Å². The zero-order valence-corrected chi connectivity index (χ0v) is 20.3. The number of carboxylic acid groups (broad SMARTS) is 1. The van der Waals surface area contributed by atoms with E-state index < -0.39 is 41.4 Å². The minimum Gasteiger partial charge on any atom is -0.495 e. The van der Waals surface area contributed by atoms with Crippen molar-refractivity contribution < 1.29 is 37.0 Å². The number of amides is 1. The highest BCUT2D eigenvalue weighted by molar-refractivity contribution is 6.33. The van der Waals surface area contributed by atoms with Crippen molar-refractivity contribution in [3.63, 3.8) is 0 Å². The monoisotopic (exact) mass is 531 g/mol. The van der Waals surface area contributed by atoms with E-state index in [0.29, 0.717) is 5.69 Å². The summed E-state index contributed by atoms with van der Waals surface area (Å²) < 4.78 is 59.4. The Labute approximate surface area is 210 Å². The van der Waals surface area contributed by atoms with Crippen LogP contribution in [-0.4, -0.2) is 41.3 Å². The summed E-state index contributed by atoms with van der Waals surface area (Å²) >= 11 is 6.31. The predicted octanol–water partition coefficient (Wildman–Crippen LogP) is 5.65. The van der Waals surface area contributed by atoms with Gasteiger partial charge in [-0.15, -0.1) is 0 Å². The average molecular weight is 532 g/mol. The first-order valence-electron chi connectivity index (χ1n) is 11.2. The quantitative estimate of drug-likeness (QED) is 0.381. The number of hydrogen-bond donors (Lipinski definition) is 3. The van der Waals surface area contributed by atoms with E-state index >= 15 is 0 Å². The number of nitrogens with zero attached hydrogens (tertiary/aromatic N) is 1. The van der Waals surface area contributed by atoms with Crippen molar-refractivity contribution >= 4 is 29.2 Å². The molecule has 1 aliphatic rings. The third-order valence-corrected chi connectivity index (χ3v) is 6.59. The summed E-state index contributed by atoms with van der Waals surface area (Å²) in [5, 5.41) is 14.7. The minimum atomic E-state index is -4.62. The van der Waals surface area contributed by atoms with Crippen LogP contribution < -0.4 is 15.4 Å². The number of benzene rings is 1. The molecule has 1 aliphatic carbocycles. The molecule has 3 rings (SSSR count). The molecular weight excluding hydrogens is 506 g/mol. The number of halogens is 5. The van der Waals surface area contributed by atoms with Gasteiger partial charge in [-0.25, -0.2) is 9.37 Å². The molecule has 36 heavy (non-hydrogen) atoms. The van der Waals surface area contributed by atoms with Crippen LogP contribution in [0.1, 0.15) is 60.3 Å². The first kappa shape index (κ1) is 27.5. The highest BCUT2D eigenvalue weighted by Crippen LogP contribution is 2.36. The number of hydrogen-bond acceptors (Lipinski definition) is 5. The molecule has 1 amide bonds. The van der Waals surface area contributed by atoms with Gasteiger partial charge in [0.1, 0.15) is 17.1 Å². The number of carboxylic acids is 1. The van der Waals surface area contributed by atoms with E-state index in [4.69, 9.17) is 21.4 Å². The van der Waals surface area contributed by atoms with Gasteiger partial charge >= 0.3 is 12.1 Å². The fraction of sp³-hybridized carbons (Fsp3) is 0.458. The van der Waals surface area contributed by atoms with Crippen molar-refractivity contribution in [2.24, 2.45) is 5.92 Å². The van der Waals surface area contributed by atoms with Crippen LogP contribution in [0, 0.1) is 5.92 Å². The molecule has 0 radical (unpaired) electrons. The Morgan fingerprint density at radius 3 is 2.50 bits per heavy atom. The summed E-state index contributed by atoms with van der Waals surface area (Å²) in [7, 11) is 1.32. The van der Waals surface area contributed by atoms with Gasteiger partial charge in [0.05, 0.1) is 42.5 Å². The van der Waals surface area contributed by atoms with Crippen molar-refractivity contribution in [2.45, 2.75) is 50.5 Å². The van der Waals surface area contributed by atoms with Crippen LogP contribution in [0.3, 0.4) is 0 Å². The molecule has 1 atom stereocenters. The van der Waals surface area contributed by atoms with E-state index in [2.05, 4.69) is 15.6 Å². The van der Waals surface area contributed by atoms with Gasteiger partial charge in [-0.2, -0.15) is 13.2 Å². The van der Waals surface area contributed by atoms with Crippen molar-refractivity contribution in [3.05, 3.63) is 52.3 Å². The molecule has 0 aliphatic heterocycles. The smallest absolute Gasteiger partial charge is 0.433 e. The van der Waals surface area contributed by atoms with Crippen LogP contribution in [0.25, 0.3) is 0 Å². The van der Waals surface area contributed by atoms with Gasteiger partial charge in [-0.1, -0.05) is 11.6 Å². The molecule has 1 saturated carbocycles. The summed E-state index contributed by atoms with van der Waals surface area (Å²) in [6, 6.07) is 4.54. The number of alkyl halides is 4. The zero-order chi connectivity index (χ0) is 26.7. The molecule has 1 aromatic heterocycles. The largest absolute Gasteiger partial charge is 0.495 e. The lowest BCUT2D eigenvalue weighted by atomic mass is 9.80. The number of rotatable bonds is 8. The lowest BCUT2D eigenvalue weighted by molar-refractivity contribution is -0.144. The van der Waals surface area contributed by atoms with E-state index in [-0.39, 0.29) is 54.1 Å². The van der Waals surface area contributed by atoms with E-state index in [9.17, 15) is 27.2 Å². The van der Waals surface area contributed by atoms with Crippen LogP contribution in [0.4, 0.5) is 23.2 Å². The SMILES string of the molecule is COc1cnc(C(F)(F)F)cc1C(C)Nc1ccc(C(=O)NCC2(F)CCC(C(=O)O)CC2)cc1Cl. The Morgan fingerprint density at radius 1 is 1.28 bits per heavy atom. The molecule has 7 nitrogen and oxygen atoms in total. The highest BCUT2D eigenvalue weighted by atomic mass is 35.5. The number of nitrogens with one attached hydrogen (secondary N) is 2. The summed E-state index contributed by atoms with van der Waals surface area (Å²) in [5.74, 6) is -1.91. The Balaban J connectivity index is 1.66. The first-order chi connectivity index (χ1) is 16.8. The number of anilines is 1. The van der Waals surface area contributed by atoms with Gasteiger partial charge in [-0.05, 0) is 56.9 Å². The van der Waals surface area contributed by atoms with Crippen molar-refractivity contribution in [2.75, 3.05) is 19.0 Å². The van der Waals surface area contributed by atoms with Gasteiger partial charge in [0, 0.05) is 11.1 Å². The average Bonchev–Trinajstić information content (AvgIpc) is 2.83. The number of ether oxygens (including phenoxy) is 1. The van der Waals surface area contributed by atoms with Gasteiger partial charge in [0.2, 0.25) is 0 Å². The molecule has 196 valence electrons. The molecule has 1 unspecified atom stereocenters. The normalized spacial score (nSPS) is 20.9. The molecule has 0 spiro atoms. The summed E-state index contributed by atoms with van der Waals surface area (Å²) in [6.45, 7) is 1.37. The lowest BCUT2D eigenvalue weighted by Gasteiger charge is -2.32. The third-order valence-electron chi connectivity index (χ3n) is 6.27. The Kier molecular flexibility index (Phi) is 8.33. The third kappa shape index (κ3) is 6.57. The van der Waals surface area contributed by atoms with E-state index in [1.807, 2.05) is 0 Å². The maximum absolute atomic E-state index is 15.0. The van der Waals surface area contributed by atoms with Crippen molar-refractivity contribution in [1.82, 2.24) is 10.3 Å². The van der Waals surface area contributed by atoms with Crippen LogP contribution in [0.5, 0.6) is 5.75 Å². The molecule has 1 heterocycles. The van der Waals surface area contributed by atoms with Gasteiger partial charge in [-0.3, -0.25) is 9.59 Å². The van der Waals surface area contributed by atoms with Crippen LogP contribution >= 0.6 is 11.6 Å². The van der Waals surface area contributed by atoms with E-state index in [1.54, 1.807) is 6.92 Å². The Morgan fingerprint density at radius 2 is 1.94 bits per heavy atom. The van der Waals surface area contributed by atoms with E-state index in [0.717, 1.165) is 12.3 Å². The fourth-order valence-corrected chi connectivity index (χ4v) is 4.34. The lowest BCUT2D eigenvalue weighted by Crippen LogP contribution is -2.43. The summed E-state index contributed by atoms with van der Waals surface area (Å²) in [5.41, 5.74) is -2.00. The molecular formula is C24H26ClF4N3O4. The second-order valence-electron chi connectivity index (χ2n) is 8.82. The molecule has 0 saturated heterocycles. The molecule has 1 aromatic carbocycles. The number of pyridine rings is 1. The molecule has 3 N–H and O–H groups in total. The maximum Gasteiger partial charge on any atom is 0.433 e. The van der Waals surface area contributed by atoms with Gasteiger partial charge < -0.3 is 20.5 Å². The van der Waals surface area contributed by atoms with Gasteiger partial charge in [0.15, 0.2) is 0 Å². The fourth-order valence-electron chi connectivity index (χ4n) is 4.11. The Hall–Kier alpha value is -3.08. The zero-order valence-electron chi connectivity index (χ0n) is 19.6. The maximum atomic E-state index is 15.0. The van der Waals surface area contributed by atoms with Gasteiger partial charge in [0.25, 0.3) is 5.91 Å². The second-order valence-corrected chi connectivity index (χ2v) is 9.22. The minimum absolute atomic E-state index is 0.0419. The predicted molar refractivity (Wildman–Crippen MR) is 125 cm³/mol. The summed E-state index contributed by atoms with van der Waals surface area (Å²) in [4.78, 5) is 27.0. The number of carbonyl (C=O) groups is 2. The standard InChI is InChI=1S/C24H26ClF4N3O4/c1-13(16-10-20(24(27,28)29)30-11-19(16)36-2)32-18-4-3-15(9-17(18)25)21(33)31-12-23(26)7-5-14(6-8-23)22(34)35/h3-4,9-11,13-14,32H,5-8,12H2,1-2H3,(H,31,33)(H,34,35). The molecule has 2 aromatic rings. The van der Waals surface area contributed by atoms with Crippen LogP contribution in [0.2, 0.25) is 5.02 Å².